The Morgan fingerprint density at radius 2 is 1.89 bits per heavy atom. The van der Waals surface area contributed by atoms with E-state index in [1.165, 1.54) is 25.7 Å². The molecule has 1 aliphatic rings. The Morgan fingerprint density at radius 3 is 2.50 bits per heavy atom. The minimum absolute atomic E-state index is 0.0245. The van der Waals surface area contributed by atoms with Gasteiger partial charge in [0.05, 0.1) is 6.10 Å². The smallest absolute Gasteiger partial charge is 0.323 e. The first-order valence-corrected chi connectivity index (χ1v) is 6.47. The standard InChI is InChI=1S/C12H21N5O/c1-8(2)18-12-15-10(13)14-11(16-12)17(3)9-6-4-5-7-9/h8-9H,4-7H2,1-3H3,(H2,13,14,15,16). The summed E-state index contributed by atoms with van der Waals surface area (Å²) in [7, 11) is 2.00. The molecule has 0 amide bonds. The summed E-state index contributed by atoms with van der Waals surface area (Å²) in [4.78, 5) is 14.6. The van der Waals surface area contributed by atoms with E-state index in [1.807, 2.05) is 20.9 Å². The van der Waals surface area contributed by atoms with E-state index in [2.05, 4.69) is 19.9 Å². The van der Waals surface area contributed by atoms with Crippen LogP contribution in [0.2, 0.25) is 0 Å². The van der Waals surface area contributed by atoms with Gasteiger partial charge in [0.25, 0.3) is 0 Å². The predicted molar refractivity (Wildman–Crippen MR) is 70.7 cm³/mol. The Morgan fingerprint density at radius 1 is 1.22 bits per heavy atom. The van der Waals surface area contributed by atoms with Crippen molar-refractivity contribution in [3.8, 4) is 6.01 Å². The van der Waals surface area contributed by atoms with Gasteiger partial charge in [0, 0.05) is 13.1 Å². The molecule has 0 atom stereocenters. The highest BCUT2D eigenvalue weighted by Gasteiger charge is 2.22. The van der Waals surface area contributed by atoms with Gasteiger partial charge in [-0.3, -0.25) is 0 Å². The number of anilines is 2. The van der Waals surface area contributed by atoms with E-state index < -0.39 is 0 Å². The quantitative estimate of drug-likeness (QED) is 0.876. The largest absolute Gasteiger partial charge is 0.461 e. The maximum Gasteiger partial charge on any atom is 0.323 e. The highest BCUT2D eigenvalue weighted by molar-refractivity contribution is 5.36. The van der Waals surface area contributed by atoms with Crippen LogP contribution in [0.1, 0.15) is 39.5 Å². The van der Waals surface area contributed by atoms with Gasteiger partial charge in [0.2, 0.25) is 11.9 Å². The fourth-order valence-corrected chi connectivity index (χ4v) is 2.24. The van der Waals surface area contributed by atoms with Crippen LogP contribution in [0, 0.1) is 0 Å². The maximum absolute atomic E-state index is 5.70. The van der Waals surface area contributed by atoms with Crippen LogP contribution < -0.4 is 15.4 Å². The molecule has 2 N–H and O–H groups in total. The van der Waals surface area contributed by atoms with Crippen molar-refractivity contribution < 1.29 is 4.74 Å². The second-order valence-corrected chi connectivity index (χ2v) is 4.99. The Bertz CT molecular complexity index is 403. The summed E-state index contributed by atoms with van der Waals surface area (Å²) in [6.07, 6.45) is 4.93. The van der Waals surface area contributed by atoms with Crippen LogP contribution >= 0.6 is 0 Å². The van der Waals surface area contributed by atoms with Crippen molar-refractivity contribution in [3.63, 3.8) is 0 Å². The van der Waals surface area contributed by atoms with Crippen LogP contribution in [0.3, 0.4) is 0 Å². The van der Waals surface area contributed by atoms with Crippen molar-refractivity contribution >= 4 is 11.9 Å². The molecule has 1 heterocycles. The van der Waals surface area contributed by atoms with Gasteiger partial charge in [-0.2, -0.15) is 15.0 Å². The molecule has 0 bridgehead atoms. The lowest BCUT2D eigenvalue weighted by Crippen LogP contribution is -2.31. The molecule has 6 heteroatoms. The summed E-state index contributed by atoms with van der Waals surface area (Å²) in [6, 6.07) is 0.802. The average Bonchev–Trinajstić information content (AvgIpc) is 2.79. The van der Waals surface area contributed by atoms with Crippen LogP contribution in [0.15, 0.2) is 0 Å². The molecule has 0 radical (unpaired) electrons. The fourth-order valence-electron chi connectivity index (χ4n) is 2.24. The number of hydrogen-bond donors (Lipinski definition) is 1. The summed E-state index contributed by atoms with van der Waals surface area (Å²) in [5.74, 6) is 0.811. The molecule has 1 aromatic rings. The van der Waals surface area contributed by atoms with E-state index in [1.54, 1.807) is 0 Å². The summed E-state index contributed by atoms with van der Waals surface area (Å²) < 4.78 is 5.48. The number of rotatable bonds is 4. The third-order valence-corrected chi connectivity index (χ3v) is 3.15. The Labute approximate surface area is 108 Å². The summed E-state index contributed by atoms with van der Waals surface area (Å²) >= 11 is 0. The van der Waals surface area contributed by atoms with E-state index in [0.29, 0.717) is 18.0 Å². The minimum Gasteiger partial charge on any atom is -0.461 e. The summed E-state index contributed by atoms with van der Waals surface area (Å²) in [6.45, 7) is 3.86. The third-order valence-electron chi connectivity index (χ3n) is 3.15. The zero-order valence-electron chi connectivity index (χ0n) is 11.3. The first-order valence-electron chi connectivity index (χ1n) is 6.47. The fraction of sp³-hybridized carbons (Fsp3) is 0.750. The molecular formula is C12H21N5O. The first-order chi connectivity index (χ1) is 8.56. The van der Waals surface area contributed by atoms with Gasteiger partial charge in [-0.15, -0.1) is 0 Å². The van der Waals surface area contributed by atoms with E-state index in [9.17, 15) is 0 Å². The molecule has 100 valence electrons. The number of nitrogens with zero attached hydrogens (tertiary/aromatic N) is 4. The molecule has 0 aliphatic heterocycles. The number of aromatic nitrogens is 3. The molecule has 1 saturated carbocycles. The van der Waals surface area contributed by atoms with Crippen molar-refractivity contribution in [1.29, 1.82) is 0 Å². The summed E-state index contributed by atoms with van der Waals surface area (Å²) in [5, 5.41) is 0. The lowest BCUT2D eigenvalue weighted by atomic mass is 10.2. The lowest BCUT2D eigenvalue weighted by Gasteiger charge is -2.24. The van der Waals surface area contributed by atoms with Crippen molar-refractivity contribution in [2.75, 3.05) is 17.7 Å². The SMILES string of the molecule is CC(C)Oc1nc(N)nc(N(C)C2CCCC2)n1. The molecule has 0 unspecified atom stereocenters. The molecule has 1 aliphatic carbocycles. The van der Waals surface area contributed by atoms with Crippen molar-refractivity contribution in [2.24, 2.45) is 0 Å². The van der Waals surface area contributed by atoms with Gasteiger partial charge in [0.15, 0.2) is 0 Å². The van der Waals surface area contributed by atoms with Crippen LogP contribution in [-0.2, 0) is 0 Å². The number of nitrogens with two attached hydrogens (primary N) is 1. The van der Waals surface area contributed by atoms with Crippen molar-refractivity contribution in [1.82, 2.24) is 15.0 Å². The van der Waals surface area contributed by atoms with Gasteiger partial charge in [-0.1, -0.05) is 12.8 Å². The minimum atomic E-state index is 0.0245. The van der Waals surface area contributed by atoms with Crippen LogP contribution in [0.5, 0.6) is 6.01 Å². The molecule has 1 fully saturated rings. The molecule has 2 rings (SSSR count). The third kappa shape index (κ3) is 3.00. The highest BCUT2D eigenvalue weighted by Crippen LogP contribution is 2.25. The van der Waals surface area contributed by atoms with Gasteiger partial charge in [-0.25, -0.2) is 0 Å². The monoisotopic (exact) mass is 251 g/mol. The summed E-state index contributed by atoms with van der Waals surface area (Å²) in [5.41, 5.74) is 5.70. The Balaban J connectivity index is 2.18. The Hall–Kier alpha value is -1.59. The van der Waals surface area contributed by atoms with Gasteiger partial charge < -0.3 is 15.4 Å². The molecule has 1 aromatic heterocycles. The zero-order valence-corrected chi connectivity index (χ0v) is 11.3. The molecule has 0 aromatic carbocycles. The van der Waals surface area contributed by atoms with Gasteiger partial charge in [-0.05, 0) is 26.7 Å². The Kier molecular flexibility index (Phi) is 3.84. The maximum atomic E-state index is 5.70. The molecule has 0 saturated heterocycles. The van der Waals surface area contributed by atoms with E-state index >= 15 is 0 Å². The van der Waals surface area contributed by atoms with Gasteiger partial charge in [0.1, 0.15) is 0 Å². The average molecular weight is 251 g/mol. The van der Waals surface area contributed by atoms with Crippen LogP contribution in [0.4, 0.5) is 11.9 Å². The van der Waals surface area contributed by atoms with Crippen molar-refractivity contribution in [2.45, 2.75) is 51.7 Å². The molecular weight excluding hydrogens is 230 g/mol. The van der Waals surface area contributed by atoms with E-state index in [4.69, 9.17) is 10.5 Å². The zero-order chi connectivity index (χ0) is 13.1. The van der Waals surface area contributed by atoms with E-state index in [0.717, 1.165) is 0 Å². The number of nitrogen functional groups attached to an aromatic ring is 1. The molecule has 18 heavy (non-hydrogen) atoms. The predicted octanol–water partition coefficient (Wildman–Crippen LogP) is 1.62. The second-order valence-electron chi connectivity index (χ2n) is 4.99. The number of hydrogen-bond acceptors (Lipinski definition) is 6. The number of ether oxygens (including phenoxy) is 1. The van der Waals surface area contributed by atoms with Gasteiger partial charge >= 0.3 is 6.01 Å². The molecule has 6 nitrogen and oxygen atoms in total. The highest BCUT2D eigenvalue weighted by atomic mass is 16.5. The lowest BCUT2D eigenvalue weighted by molar-refractivity contribution is 0.222. The normalized spacial score (nSPS) is 16.2. The van der Waals surface area contributed by atoms with Crippen molar-refractivity contribution in [3.05, 3.63) is 0 Å². The molecule has 0 spiro atoms. The second kappa shape index (κ2) is 5.37. The van der Waals surface area contributed by atoms with Crippen LogP contribution in [-0.4, -0.2) is 34.1 Å². The topological polar surface area (TPSA) is 77.2 Å². The van der Waals surface area contributed by atoms with Crippen LogP contribution in [0.25, 0.3) is 0 Å². The first kappa shape index (κ1) is 12.9. The van der Waals surface area contributed by atoms with E-state index in [-0.39, 0.29) is 12.1 Å².